The molecule has 0 atom stereocenters. The van der Waals surface area contributed by atoms with Crippen molar-refractivity contribution in [2.45, 2.75) is 6.92 Å². The SMILES string of the molecule is COC(=O)C(C#N)=Cc1c(Oc2ccc(Cl)cc2Cl)nc2c(C)cccn2c1=O. The summed E-state index contributed by atoms with van der Waals surface area (Å²) in [5, 5.41) is 9.87. The van der Waals surface area contributed by atoms with Gasteiger partial charge in [-0.05, 0) is 42.8 Å². The van der Waals surface area contributed by atoms with Gasteiger partial charge in [0.15, 0.2) is 0 Å². The lowest BCUT2D eigenvalue weighted by molar-refractivity contribution is -0.135. The second-order valence-corrected chi connectivity index (χ2v) is 6.70. The van der Waals surface area contributed by atoms with E-state index in [0.717, 1.165) is 18.7 Å². The van der Waals surface area contributed by atoms with E-state index in [1.165, 1.54) is 22.7 Å². The fourth-order valence-corrected chi connectivity index (χ4v) is 2.99. The summed E-state index contributed by atoms with van der Waals surface area (Å²) in [6.07, 6.45) is 2.60. The maximum Gasteiger partial charge on any atom is 0.348 e. The molecule has 0 radical (unpaired) electrons. The Bertz CT molecular complexity index is 1260. The molecule has 0 fully saturated rings. The topological polar surface area (TPSA) is 93.7 Å². The predicted molar refractivity (Wildman–Crippen MR) is 108 cm³/mol. The summed E-state index contributed by atoms with van der Waals surface area (Å²) < 4.78 is 11.6. The molecule has 3 aromatic rings. The molecule has 0 amide bonds. The average molecular weight is 430 g/mol. The van der Waals surface area contributed by atoms with Gasteiger partial charge in [0.2, 0.25) is 5.88 Å². The Morgan fingerprint density at radius 3 is 2.72 bits per heavy atom. The fourth-order valence-electron chi connectivity index (χ4n) is 2.55. The number of methoxy groups -OCH3 is 1. The molecule has 0 saturated carbocycles. The van der Waals surface area contributed by atoms with E-state index in [0.29, 0.717) is 10.7 Å². The number of aromatic nitrogens is 2. The molecule has 0 saturated heterocycles. The van der Waals surface area contributed by atoms with E-state index < -0.39 is 11.5 Å². The maximum absolute atomic E-state index is 13.1. The van der Waals surface area contributed by atoms with Gasteiger partial charge in [0.05, 0.1) is 12.1 Å². The van der Waals surface area contributed by atoms with Crippen LogP contribution in [0, 0.1) is 18.3 Å². The summed E-state index contributed by atoms with van der Waals surface area (Å²) in [4.78, 5) is 29.3. The molecule has 29 heavy (non-hydrogen) atoms. The minimum atomic E-state index is -0.892. The molecule has 146 valence electrons. The van der Waals surface area contributed by atoms with E-state index in [1.807, 2.05) is 0 Å². The Kier molecular flexibility index (Phi) is 5.87. The zero-order valence-electron chi connectivity index (χ0n) is 15.3. The molecule has 2 aromatic heterocycles. The monoisotopic (exact) mass is 429 g/mol. The molecule has 0 spiro atoms. The van der Waals surface area contributed by atoms with Gasteiger partial charge < -0.3 is 9.47 Å². The van der Waals surface area contributed by atoms with Crippen LogP contribution in [0.2, 0.25) is 10.0 Å². The van der Waals surface area contributed by atoms with Crippen LogP contribution in [0.4, 0.5) is 0 Å². The van der Waals surface area contributed by atoms with E-state index in [1.54, 1.807) is 31.2 Å². The van der Waals surface area contributed by atoms with Crippen LogP contribution >= 0.6 is 23.2 Å². The van der Waals surface area contributed by atoms with Gasteiger partial charge in [0, 0.05) is 11.2 Å². The molecule has 1 aromatic carbocycles. The van der Waals surface area contributed by atoms with Crippen LogP contribution in [-0.4, -0.2) is 22.5 Å². The Hall–Kier alpha value is -3.34. The van der Waals surface area contributed by atoms with Crippen molar-refractivity contribution < 1.29 is 14.3 Å². The molecule has 3 rings (SSSR count). The van der Waals surface area contributed by atoms with Gasteiger partial charge in [-0.2, -0.15) is 10.2 Å². The summed E-state index contributed by atoms with van der Waals surface area (Å²) in [5.74, 6) is -0.811. The molecule has 0 aliphatic carbocycles. The van der Waals surface area contributed by atoms with Gasteiger partial charge in [-0.15, -0.1) is 0 Å². The third-order valence-corrected chi connectivity index (χ3v) is 4.49. The quantitative estimate of drug-likeness (QED) is 0.350. The number of hydrogen-bond acceptors (Lipinski definition) is 6. The lowest BCUT2D eigenvalue weighted by Gasteiger charge is -2.12. The molecule has 9 heteroatoms. The molecule has 0 bridgehead atoms. The van der Waals surface area contributed by atoms with Gasteiger partial charge >= 0.3 is 5.97 Å². The predicted octanol–water partition coefficient (Wildman–Crippen LogP) is 4.18. The molecule has 0 N–H and O–H groups in total. The van der Waals surface area contributed by atoms with Crippen LogP contribution in [0.1, 0.15) is 11.1 Å². The number of esters is 1. The summed E-state index contributed by atoms with van der Waals surface area (Å²) in [6.45, 7) is 1.78. The summed E-state index contributed by atoms with van der Waals surface area (Å²) in [5.41, 5.74) is 0.0505. The molecule has 0 unspecified atom stereocenters. The number of aryl methyl sites for hydroxylation is 1. The fraction of sp³-hybridized carbons (Fsp3) is 0.100. The van der Waals surface area contributed by atoms with Crippen LogP contribution < -0.4 is 10.3 Å². The van der Waals surface area contributed by atoms with E-state index in [4.69, 9.17) is 27.9 Å². The van der Waals surface area contributed by atoms with E-state index in [9.17, 15) is 14.9 Å². The zero-order valence-corrected chi connectivity index (χ0v) is 16.8. The number of pyridine rings is 1. The number of ether oxygens (including phenoxy) is 2. The highest BCUT2D eigenvalue weighted by molar-refractivity contribution is 6.35. The lowest BCUT2D eigenvalue weighted by atomic mass is 10.2. The average Bonchev–Trinajstić information content (AvgIpc) is 2.70. The normalized spacial score (nSPS) is 11.2. The summed E-state index contributed by atoms with van der Waals surface area (Å²) in [7, 11) is 1.13. The van der Waals surface area contributed by atoms with Crippen LogP contribution in [0.25, 0.3) is 11.7 Å². The third kappa shape index (κ3) is 4.09. The second-order valence-electron chi connectivity index (χ2n) is 5.86. The van der Waals surface area contributed by atoms with Crippen molar-refractivity contribution >= 4 is 40.9 Å². The number of halogens is 2. The van der Waals surface area contributed by atoms with Crippen molar-refractivity contribution in [3.8, 4) is 17.7 Å². The highest BCUT2D eigenvalue weighted by atomic mass is 35.5. The first kappa shape index (κ1) is 20.4. The smallest absolute Gasteiger partial charge is 0.348 e. The first-order valence-corrected chi connectivity index (χ1v) is 8.96. The van der Waals surface area contributed by atoms with Crippen molar-refractivity contribution in [1.82, 2.24) is 9.38 Å². The summed E-state index contributed by atoms with van der Waals surface area (Å²) >= 11 is 12.1. The van der Waals surface area contributed by atoms with Crippen molar-refractivity contribution in [3.63, 3.8) is 0 Å². The summed E-state index contributed by atoms with van der Waals surface area (Å²) in [6, 6.07) is 9.73. The number of benzene rings is 1. The van der Waals surface area contributed by atoms with Gasteiger partial charge in [0.25, 0.3) is 5.56 Å². The minimum absolute atomic E-state index is 0.110. The zero-order chi connectivity index (χ0) is 21.1. The number of fused-ring (bicyclic) bond motifs is 1. The van der Waals surface area contributed by atoms with Crippen LogP contribution in [0.15, 0.2) is 46.9 Å². The first-order valence-electron chi connectivity index (χ1n) is 8.20. The highest BCUT2D eigenvalue weighted by Gasteiger charge is 2.19. The second kappa shape index (κ2) is 8.35. The van der Waals surface area contributed by atoms with Crippen LogP contribution in [-0.2, 0) is 9.53 Å². The lowest BCUT2D eigenvalue weighted by Crippen LogP contribution is -2.20. The molecular weight excluding hydrogens is 417 g/mol. The van der Waals surface area contributed by atoms with Gasteiger partial charge in [-0.25, -0.2) is 4.79 Å². The van der Waals surface area contributed by atoms with Crippen molar-refractivity contribution in [3.05, 3.63) is 73.6 Å². The van der Waals surface area contributed by atoms with Gasteiger partial charge in [-0.1, -0.05) is 29.3 Å². The largest absolute Gasteiger partial charge is 0.465 e. The molecule has 2 heterocycles. The number of rotatable bonds is 4. The molecular formula is C20H13Cl2N3O4. The molecule has 0 aliphatic rings. The Morgan fingerprint density at radius 2 is 2.07 bits per heavy atom. The van der Waals surface area contributed by atoms with Crippen molar-refractivity contribution in [2.24, 2.45) is 0 Å². The molecule has 7 nitrogen and oxygen atoms in total. The standard InChI is InChI=1S/C20H13Cl2N3O4/c1-11-4-3-7-25-17(11)24-18(29-16-6-5-13(21)9-15(16)22)14(19(25)26)8-12(10-23)20(27)28-2/h3-9H,1-2H3. The van der Waals surface area contributed by atoms with E-state index in [-0.39, 0.29) is 27.8 Å². The maximum atomic E-state index is 13.1. The molecule has 0 aliphatic heterocycles. The van der Waals surface area contributed by atoms with E-state index in [2.05, 4.69) is 9.72 Å². The number of carbonyl (C=O) groups excluding carboxylic acids is 1. The third-order valence-electron chi connectivity index (χ3n) is 3.96. The Morgan fingerprint density at radius 1 is 1.31 bits per heavy atom. The van der Waals surface area contributed by atoms with Crippen LogP contribution in [0.5, 0.6) is 11.6 Å². The number of hydrogen-bond donors (Lipinski definition) is 0. The van der Waals surface area contributed by atoms with Gasteiger partial charge in [0.1, 0.15) is 28.6 Å². The first-order chi connectivity index (χ1) is 13.8. The van der Waals surface area contributed by atoms with Crippen molar-refractivity contribution in [2.75, 3.05) is 7.11 Å². The number of nitriles is 1. The highest BCUT2D eigenvalue weighted by Crippen LogP contribution is 2.32. The van der Waals surface area contributed by atoms with Crippen LogP contribution in [0.3, 0.4) is 0 Å². The minimum Gasteiger partial charge on any atom is -0.465 e. The van der Waals surface area contributed by atoms with Gasteiger partial charge in [-0.3, -0.25) is 9.20 Å². The number of carbonyl (C=O) groups is 1. The van der Waals surface area contributed by atoms with E-state index >= 15 is 0 Å². The Labute approximate surface area is 175 Å². The Balaban J connectivity index is 2.30. The number of nitrogens with zero attached hydrogens (tertiary/aromatic N) is 3. The van der Waals surface area contributed by atoms with Crippen molar-refractivity contribution in [1.29, 1.82) is 5.26 Å².